The van der Waals surface area contributed by atoms with Crippen LogP contribution in [0.15, 0.2) is 115 Å². The second kappa shape index (κ2) is 13.7. The van der Waals surface area contributed by atoms with Gasteiger partial charge in [0.2, 0.25) is 0 Å². The van der Waals surface area contributed by atoms with Crippen LogP contribution in [0.1, 0.15) is 30.5 Å². The molecule has 6 aromatic carbocycles. The Hall–Kier alpha value is -5.50. The fraction of sp³-hybridized carbons (Fsp3) is 0.114. The van der Waals surface area contributed by atoms with E-state index in [1.807, 2.05) is 94.7 Å². The van der Waals surface area contributed by atoms with Crippen molar-refractivity contribution >= 4 is 55.9 Å². The summed E-state index contributed by atoms with van der Waals surface area (Å²) in [4.78, 5) is 10.7. The molecule has 0 saturated carbocycles. The minimum Gasteiger partial charge on any atom is -0.657 e. The first kappa shape index (κ1) is 27.3. The zero-order chi connectivity index (χ0) is 39.5. The average molecular weight is 850 g/mol. The van der Waals surface area contributed by atoms with Crippen LogP contribution in [0.2, 0.25) is 0 Å². The monoisotopic (exact) mass is 849 g/mol. The second-order valence-electron chi connectivity index (χ2n) is 12.6. The van der Waals surface area contributed by atoms with Crippen LogP contribution in [0.25, 0.3) is 32.9 Å². The van der Waals surface area contributed by atoms with E-state index in [-0.39, 0.29) is 21.1 Å². The molecule has 0 spiro atoms. The molecule has 0 atom stereocenters. The molecule has 0 fully saturated rings. The van der Waals surface area contributed by atoms with Crippen LogP contribution < -0.4 is 24.6 Å². The largest absolute Gasteiger partial charge is 4.00 e. The van der Waals surface area contributed by atoms with Crippen LogP contribution in [0.4, 0.5) is 34.1 Å². The molecule has 2 aliphatic rings. The van der Waals surface area contributed by atoms with E-state index in [1.165, 1.54) is 9.80 Å². The molecule has 2 aliphatic heterocycles. The molecule has 6 nitrogen and oxygen atoms in total. The second-order valence-corrected chi connectivity index (χ2v) is 12.6. The molecule has 51 heavy (non-hydrogen) atoms. The van der Waals surface area contributed by atoms with Crippen molar-refractivity contribution < 1.29 is 29.3 Å². The first-order valence-corrected chi connectivity index (χ1v) is 16.3. The van der Waals surface area contributed by atoms with Crippen molar-refractivity contribution in [1.82, 2.24) is 4.98 Å². The number of nitrogens with zero attached hydrogens (tertiary/aromatic N) is 6. The van der Waals surface area contributed by atoms with E-state index < -0.39 is 14.0 Å². The number of benzene rings is 6. The number of anilines is 6. The molecule has 7 aromatic rings. The van der Waals surface area contributed by atoms with Gasteiger partial charge in [0.25, 0.3) is 0 Å². The number of hydrogen-bond donors (Lipinski definition) is 0. The van der Waals surface area contributed by atoms with Crippen LogP contribution in [0.5, 0.6) is 0 Å². The number of aromatic nitrogens is 1. The van der Waals surface area contributed by atoms with Gasteiger partial charge < -0.3 is 24.6 Å². The molecule has 0 N–H and O–H groups in total. The summed E-state index contributed by atoms with van der Waals surface area (Å²) in [7, 11) is 0. The molecule has 0 amide bonds. The Morgan fingerprint density at radius 1 is 0.647 bits per heavy atom. The normalized spacial score (nSPS) is 15.3. The van der Waals surface area contributed by atoms with Crippen molar-refractivity contribution in [2.45, 2.75) is 20.8 Å². The van der Waals surface area contributed by atoms with Gasteiger partial charge in [-0.15, -0.1) is 46.2 Å². The molecule has 0 aliphatic carbocycles. The van der Waals surface area contributed by atoms with E-state index >= 15 is 0 Å². The Morgan fingerprint density at radius 2 is 1.18 bits per heavy atom. The van der Waals surface area contributed by atoms with Crippen molar-refractivity contribution in [2.24, 2.45) is 0 Å². The molecule has 9 rings (SSSR count). The molecule has 0 bridgehead atoms. The van der Waals surface area contributed by atoms with Crippen LogP contribution in [0.3, 0.4) is 0 Å². The van der Waals surface area contributed by atoms with Gasteiger partial charge in [-0.1, -0.05) is 72.3 Å². The number of rotatable bonds is 3. The van der Waals surface area contributed by atoms with E-state index in [0.717, 1.165) is 61.0 Å². The molecule has 7 heteroatoms. The topological polar surface area (TPSA) is 50.9 Å². The van der Waals surface area contributed by atoms with E-state index in [1.54, 1.807) is 31.5 Å². The summed E-state index contributed by atoms with van der Waals surface area (Å²) in [5.41, 5.74) is 11.8. The first-order valence-electron chi connectivity index (χ1n) is 19.3. The minimum atomic E-state index is -2.38. The maximum absolute atomic E-state index is 8.84. The quantitative estimate of drug-likeness (QED) is 0.165. The Bertz CT molecular complexity index is 2570. The molecule has 252 valence electrons. The number of hydrogen-bond acceptors (Lipinski definition) is 5. The van der Waals surface area contributed by atoms with Crippen molar-refractivity contribution in [3.05, 3.63) is 157 Å². The summed E-state index contributed by atoms with van der Waals surface area (Å²) >= 11 is 0. The maximum atomic E-state index is 8.84. The van der Waals surface area contributed by atoms with Gasteiger partial charge in [-0.2, -0.15) is 18.6 Å². The Kier molecular flexibility index (Phi) is 7.30. The van der Waals surface area contributed by atoms with E-state index in [4.69, 9.17) is 13.5 Å². The van der Waals surface area contributed by atoms with Crippen molar-refractivity contribution in [2.75, 3.05) is 33.6 Å². The minimum absolute atomic E-state index is 0. The molecule has 0 unspecified atom stereocenters. The molecule has 3 heterocycles. The van der Waals surface area contributed by atoms with Gasteiger partial charge in [0.05, 0.1) is 11.6 Å². The summed E-state index contributed by atoms with van der Waals surface area (Å²) in [5.74, 6) is 0. The van der Waals surface area contributed by atoms with Crippen LogP contribution in [-0.2, 0) is 21.1 Å². The molecular formula is C44H36N6Pt. The molecular weight excluding hydrogens is 808 g/mol. The number of para-hydroxylation sites is 5. The zero-order valence-corrected chi connectivity index (χ0v) is 30.4. The first-order chi connectivity index (χ1) is 26.7. The average Bonchev–Trinajstić information content (AvgIpc) is 3.86. The molecule has 1 aromatic heterocycles. The Morgan fingerprint density at radius 3 is 1.75 bits per heavy atom. The van der Waals surface area contributed by atoms with Crippen molar-refractivity contribution in [3.63, 3.8) is 0 Å². The fourth-order valence-electron chi connectivity index (χ4n) is 7.03. The van der Waals surface area contributed by atoms with Crippen molar-refractivity contribution in [1.29, 1.82) is 5.26 Å². The Balaban J connectivity index is 0.000000258. The smallest absolute Gasteiger partial charge is 0.657 e. The molecule has 0 saturated heterocycles. The van der Waals surface area contributed by atoms with Crippen molar-refractivity contribution in [3.8, 4) is 17.2 Å². The third kappa shape index (κ3) is 6.13. The van der Waals surface area contributed by atoms with Gasteiger partial charge in [0, 0.05) is 31.0 Å². The predicted octanol–water partition coefficient (Wildman–Crippen LogP) is 10.3. The number of fused-ring (bicyclic) bond motifs is 5. The van der Waals surface area contributed by atoms with Gasteiger partial charge in [-0.3, -0.25) is 0 Å². The SMILES string of the molecule is N#Cc1ccc2[n-]c3ccccc3c2c1.[2H]C([2H])([2H])N1[CH-]N(c2[c-]c(N3[CH-]N(C([2H])([2H])[2H])c4ccccc43)cc(-c3c(C)cc(C)cc3C)c2)c2ccccc21.[Pt+4]. The van der Waals surface area contributed by atoms with Gasteiger partial charge >= 0.3 is 21.1 Å². The molecule has 0 radical (unpaired) electrons. The zero-order valence-electron chi connectivity index (χ0n) is 34.1. The summed E-state index contributed by atoms with van der Waals surface area (Å²) in [6.45, 7) is 4.64. The summed E-state index contributed by atoms with van der Waals surface area (Å²) < 4.78 is 48.7. The van der Waals surface area contributed by atoms with Crippen LogP contribution in [0, 0.1) is 51.5 Å². The van der Waals surface area contributed by atoms with Gasteiger partial charge in [0.1, 0.15) is 0 Å². The third-order valence-electron chi connectivity index (χ3n) is 9.15. The summed E-state index contributed by atoms with van der Waals surface area (Å²) in [6, 6.07) is 42.2. The van der Waals surface area contributed by atoms with Gasteiger partial charge in [-0.25, -0.2) is 0 Å². The third-order valence-corrected chi connectivity index (χ3v) is 9.15. The Labute approximate surface area is 322 Å². The summed E-state index contributed by atoms with van der Waals surface area (Å²) in [5, 5.41) is 11.0. The fourth-order valence-corrected chi connectivity index (χ4v) is 7.03. The maximum Gasteiger partial charge on any atom is 4.00 e. The van der Waals surface area contributed by atoms with E-state index in [0.29, 0.717) is 28.3 Å². The summed E-state index contributed by atoms with van der Waals surface area (Å²) in [6.07, 6.45) is 0. The number of aryl methyl sites for hydroxylation is 3. The number of nitriles is 1. The standard InChI is InChI=1S/C31H29N4.C13H7N2.Pt/c1-21-14-22(2)31(23(3)15-21)24-16-25(34-19-32(4)27-10-6-8-12-29(27)34)18-26(17-24)35-20-33(5)28-11-7-9-13-30(28)35;14-8-9-5-6-13-11(7-9)10-3-1-2-4-12(10)15-13;/h6-17,19-20H,1-5H3;1-7H;/q-3;-1;+4/i4D3,5D3;;. The van der Waals surface area contributed by atoms with Crippen LogP contribution in [-0.4, -0.2) is 14.0 Å². The predicted molar refractivity (Wildman–Crippen MR) is 207 cm³/mol. The van der Waals surface area contributed by atoms with E-state index in [2.05, 4.69) is 50.0 Å². The van der Waals surface area contributed by atoms with Crippen LogP contribution >= 0.6 is 0 Å². The van der Waals surface area contributed by atoms with Gasteiger partial charge in [0.15, 0.2) is 0 Å². The van der Waals surface area contributed by atoms with Gasteiger partial charge in [-0.05, 0) is 98.6 Å². The van der Waals surface area contributed by atoms with E-state index in [9.17, 15) is 0 Å².